The van der Waals surface area contributed by atoms with Crippen molar-refractivity contribution in [3.05, 3.63) is 46.9 Å². The molecule has 0 bridgehead atoms. The molecule has 2 aromatic rings. The number of carbonyl (C=O) groups is 1. The van der Waals surface area contributed by atoms with Crippen LogP contribution in [0.5, 0.6) is 5.75 Å². The maximum Gasteiger partial charge on any atom is 0.291 e. The normalized spacial score (nSPS) is 14.5. The van der Waals surface area contributed by atoms with E-state index in [2.05, 4.69) is 15.5 Å². The summed E-state index contributed by atoms with van der Waals surface area (Å²) in [6, 6.07) is 7.18. The SMILES string of the molecule is CCOc1ccc(NC(=O)c2oc3c(c2C)/C(=N/N=C(N)N)CCC3)cc1. The number of ether oxygens (including phenoxy) is 1. The average Bonchev–Trinajstić information content (AvgIpc) is 2.99. The number of aryl methyl sites for hydroxylation is 1. The number of fused-ring (bicyclic) bond motifs is 1. The fraction of sp³-hybridized carbons (Fsp3) is 0.316. The molecule has 0 spiro atoms. The van der Waals surface area contributed by atoms with E-state index in [4.69, 9.17) is 20.6 Å². The number of nitrogens with two attached hydrogens (primary N) is 2. The Balaban J connectivity index is 1.84. The number of nitrogens with zero attached hydrogens (tertiary/aromatic N) is 2. The van der Waals surface area contributed by atoms with Crippen molar-refractivity contribution >= 4 is 23.3 Å². The number of carbonyl (C=O) groups excluding carboxylic acids is 1. The fourth-order valence-corrected chi connectivity index (χ4v) is 3.09. The molecule has 1 aliphatic carbocycles. The van der Waals surface area contributed by atoms with Gasteiger partial charge in [0.25, 0.3) is 5.91 Å². The highest BCUT2D eigenvalue weighted by Crippen LogP contribution is 2.30. The number of benzene rings is 1. The van der Waals surface area contributed by atoms with E-state index in [9.17, 15) is 4.79 Å². The molecule has 27 heavy (non-hydrogen) atoms. The summed E-state index contributed by atoms with van der Waals surface area (Å²) >= 11 is 0. The Hall–Kier alpha value is -3.29. The van der Waals surface area contributed by atoms with Gasteiger partial charge < -0.3 is 25.9 Å². The van der Waals surface area contributed by atoms with Crippen molar-refractivity contribution in [3.63, 3.8) is 0 Å². The second kappa shape index (κ2) is 7.94. The highest BCUT2D eigenvalue weighted by Gasteiger charge is 2.28. The van der Waals surface area contributed by atoms with Gasteiger partial charge in [-0.1, -0.05) is 0 Å². The van der Waals surface area contributed by atoms with Gasteiger partial charge in [0.2, 0.25) is 5.96 Å². The first kappa shape index (κ1) is 18.5. The summed E-state index contributed by atoms with van der Waals surface area (Å²) in [4.78, 5) is 12.7. The molecule has 0 radical (unpaired) electrons. The lowest BCUT2D eigenvalue weighted by Crippen LogP contribution is -2.22. The summed E-state index contributed by atoms with van der Waals surface area (Å²) < 4.78 is 11.2. The molecule has 1 aromatic heterocycles. The Morgan fingerprint density at radius 1 is 1.26 bits per heavy atom. The smallest absolute Gasteiger partial charge is 0.291 e. The van der Waals surface area contributed by atoms with Gasteiger partial charge in [-0.25, -0.2) is 0 Å². The summed E-state index contributed by atoms with van der Waals surface area (Å²) in [5.74, 6) is 1.34. The van der Waals surface area contributed by atoms with E-state index < -0.39 is 0 Å². The van der Waals surface area contributed by atoms with Gasteiger partial charge in [-0.2, -0.15) is 5.10 Å². The largest absolute Gasteiger partial charge is 0.494 e. The number of rotatable bonds is 5. The van der Waals surface area contributed by atoms with Crippen LogP contribution < -0.4 is 21.5 Å². The van der Waals surface area contributed by atoms with Gasteiger partial charge in [0.1, 0.15) is 11.5 Å². The van der Waals surface area contributed by atoms with Crippen LogP contribution in [0.4, 0.5) is 5.69 Å². The monoisotopic (exact) mass is 369 g/mol. The Labute approximate surface area is 157 Å². The van der Waals surface area contributed by atoms with Crippen LogP contribution in [0.15, 0.2) is 38.9 Å². The molecule has 1 amide bonds. The van der Waals surface area contributed by atoms with E-state index in [1.165, 1.54) is 0 Å². The molecular formula is C19H23N5O3. The average molecular weight is 369 g/mol. The number of hydrogen-bond donors (Lipinski definition) is 3. The lowest BCUT2D eigenvalue weighted by molar-refractivity contribution is 0.0994. The van der Waals surface area contributed by atoms with Crippen molar-refractivity contribution in [3.8, 4) is 5.75 Å². The molecule has 5 N–H and O–H groups in total. The Kier molecular flexibility index (Phi) is 5.44. The summed E-state index contributed by atoms with van der Waals surface area (Å²) in [7, 11) is 0. The Morgan fingerprint density at radius 3 is 2.67 bits per heavy atom. The van der Waals surface area contributed by atoms with Gasteiger partial charge in [0, 0.05) is 23.2 Å². The summed E-state index contributed by atoms with van der Waals surface area (Å²) in [5.41, 5.74) is 13.7. The van der Waals surface area contributed by atoms with Crippen molar-refractivity contribution in [1.29, 1.82) is 0 Å². The molecule has 0 fully saturated rings. The number of anilines is 1. The molecule has 1 heterocycles. The second-order valence-electron chi connectivity index (χ2n) is 6.19. The zero-order chi connectivity index (χ0) is 19.4. The number of guanidine groups is 1. The molecule has 1 aliphatic rings. The van der Waals surface area contributed by atoms with Crippen LogP contribution in [0.25, 0.3) is 0 Å². The quantitative estimate of drug-likeness (QED) is 0.424. The Morgan fingerprint density at radius 2 is 2.00 bits per heavy atom. The van der Waals surface area contributed by atoms with Gasteiger partial charge in [-0.05, 0) is 51.0 Å². The van der Waals surface area contributed by atoms with Crippen LogP contribution in [0.3, 0.4) is 0 Å². The summed E-state index contributed by atoms with van der Waals surface area (Å²) in [6.07, 6.45) is 2.33. The van der Waals surface area contributed by atoms with Gasteiger partial charge in [-0.15, -0.1) is 5.10 Å². The third-order valence-corrected chi connectivity index (χ3v) is 4.24. The zero-order valence-electron chi connectivity index (χ0n) is 15.4. The Bertz CT molecular complexity index is 893. The van der Waals surface area contributed by atoms with Crippen LogP contribution in [0.1, 0.15) is 47.2 Å². The molecule has 0 atom stereocenters. The summed E-state index contributed by atoms with van der Waals surface area (Å²) in [5, 5.41) is 10.7. The van der Waals surface area contributed by atoms with Crippen molar-refractivity contribution in [2.75, 3.05) is 11.9 Å². The van der Waals surface area contributed by atoms with Gasteiger partial charge in [-0.3, -0.25) is 4.79 Å². The molecule has 8 heteroatoms. The van der Waals surface area contributed by atoms with Crippen molar-refractivity contribution in [2.45, 2.75) is 33.1 Å². The summed E-state index contributed by atoms with van der Waals surface area (Å²) in [6.45, 7) is 4.35. The van der Waals surface area contributed by atoms with E-state index in [1.807, 2.05) is 13.8 Å². The molecule has 0 aliphatic heterocycles. The van der Waals surface area contributed by atoms with E-state index in [1.54, 1.807) is 24.3 Å². The van der Waals surface area contributed by atoms with E-state index in [0.29, 0.717) is 12.3 Å². The molecule has 0 saturated heterocycles. The minimum Gasteiger partial charge on any atom is -0.494 e. The minimum absolute atomic E-state index is 0.107. The number of nitrogens with one attached hydrogen (secondary N) is 1. The number of amides is 1. The first-order chi connectivity index (χ1) is 13.0. The standard InChI is InChI=1S/C19H23N5O3/c1-3-26-13-9-7-12(8-10-13)22-18(25)17-11(2)16-14(23-24-19(20)21)5-4-6-15(16)27-17/h7-10H,3-6H2,1-2H3,(H,22,25)(H4,20,21,24)/b23-14+. The van der Waals surface area contributed by atoms with Crippen LogP contribution in [0.2, 0.25) is 0 Å². The molecular weight excluding hydrogens is 346 g/mol. The van der Waals surface area contributed by atoms with Crippen LogP contribution in [-0.4, -0.2) is 24.2 Å². The third kappa shape index (κ3) is 4.11. The predicted octanol–water partition coefficient (Wildman–Crippen LogP) is 2.55. The van der Waals surface area contributed by atoms with Crippen LogP contribution in [-0.2, 0) is 6.42 Å². The molecule has 8 nitrogen and oxygen atoms in total. The van der Waals surface area contributed by atoms with Crippen molar-refractivity contribution in [2.24, 2.45) is 21.7 Å². The lowest BCUT2D eigenvalue weighted by Gasteiger charge is -2.11. The van der Waals surface area contributed by atoms with E-state index >= 15 is 0 Å². The lowest BCUT2D eigenvalue weighted by atomic mass is 9.93. The highest BCUT2D eigenvalue weighted by atomic mass is 16.5. The number of furan rings is 1. The highest BCUT2D eigenvalue weighted by molar-refractivity contribution is 6.09. The maximum atomic E-state index is 12.7. The molecule has 142 valence electrons. The minimum atomic E-state index is -0.313. The van der Waals surface area contributed by atoms with E-state index in [-0.39, 0.29) is 17.6 Å². The van der Waals surface area contributed by atoms with Crippen LogP contribution in [0, 0.1) is 6.92 Å². The molecule has 3 rings (SSSR count). The van der Waals surface area contributed by atoms with Crippen molar-refractivity contribution in [1.82, 2.24) is 0 Å². The molecule has 0 saturated carbocycles. The predicted molar refractivity (Wildman–Crippen MR) is 104 cm³/mol. The molecule has 1 aromatic carbocycles. The van der Waals surface area contributed by atoms with Crippen molar-refractivity contribution < 1.29 is 13.9 Å². The van der Waals surface area contributed by atoms with Gasteiger partial charge in [0.15, 0.2) is 5.76 Å². The topological polar surface area (TPSA) is 128 Å². The maximum absolute atomic E-state index is 12.7. The van der Waals surface area contributed by atoms with Crippen LogP contribution >= 0.6 is 0 Å². The van der Waals surface area contributed by atoms with Gasteiger partial charge >= 0.3 is 0 Å². The molecule has 0 unspecified atom stereocenters. The second-order valence-corrected chi connectivity index (χ2v) is 6.19. The van der Waals surface area contributed by atoms with Gasteiger partial charge in [0.05, 0.1) is 12.3 Å². The fourth-order valence-electron chi connectivity index (χ4n) is 3.09. The van der Waals surface area contributed by atoms with E-state index in [0.717, 1.165) is 47.6 Å². The first-order valence-corrected chi connectivity index (χ1v) is 8.82. The third-order valence-electron chi connectivity index (χ3n) is 4.24. The zero-order valence-corrected chi connectivity index (χ0v) is 15.4. The first-order valence-electron chi connectivity index (χ1n) is 8.82. The number of hydrogen-bond acceptors (Lipinski definition) is 5.